The molecule has 1 aromatic heterocycles. The van der Waals surface area contributed by atoms with Gasteiger partial charge in [-0.15, -0.1) is 0 Å². The summed E-state index contributed by atoms with van der Waals surface area (Å²) in [4.78, 5) is 6.79. The van der Waals surface area contributed by atoms with Gasteiger partial charge in [0.1, 0.15) is 0 Å². The van der Waals surface area contributed by atoms with Gasteiger partial charge in [0.15, 0.2) is 5.11 Å². The van der Waals surface area contributed by atoms with Crippen LogP contribution in [0.5, 0.6) is 0 Å². The third-order valence-corrected chi connectivity index (χ3v) is 6.06. The van der Waals surface area contributed by atoms with Crippen LogP contribution in [0.1, 0.15) is 44.2 Å². The van der Waals surface area contributed by atoms with E-state index in [4.69, 9.17) is 44.9 Å². The number of nitrogens with one attached hydrogen (secondary N) is 1. The van der Waals surface area contributed by atoms with E-state index in [9.17, 15) is 0 Å². The van der Waals surface area contributed by atoms with E-state index in [1.807, 2.05) is 55.5 Å². The number of rotatable bonds is 6. The molecule has 31 heavy (non-hydrogen) atoms. The molecule has 1 aliphatic heterocycles. The highest BCUT2D eigenvalue weighted by atomic mass is 35.5. The minimum atomic E-state index is -0.253. The summed E-state index contributed by atoms with van der Waals surface area (Å²) in [5, 5.41) is 9.60. The smallest absolute Gasteiger partial charge is 0.258 e. The van der Waals surface area contributed by atoms with Gasteiger partial charge in [0.25, 0.3) is 5.89 Å². The third kappa shape index (κ3) is 4.61. The number of hydrogen-bond donors (Lipinski definition) is 1. The zero-order chi connectivity index (χ0) is 22.0. The van der Waals surface area contributed by atoms with Gasteiger partial charge in [-0.05, 0) is 55.4 Å². The number of halogens is 2. The highest BCUT2D eigenvalue weighted by Crippen LogP contribution is 2.38. The van der Waals surface area contributed by atoms with E-state index in [1.54, 1.807) is 0 Å². The van der Waals surface area contributed by atoms with E-state index >= 15 is 0 Å². The molecule has 0 saturated carbocycles. The number of allylic oxidation sites excluding steroid dienone is 1. The van der Waals surface area contributed by atoms with Gasteiger partial charge in [0.2, 0.25) is 5.82 Å². The molecular weight excluding hydrogens is 451 g/mol. The van der Waals surface area contributed by atoms with Crippen molar-refractivity contribution in [2.24, 2.45) is 0 Å². The van der Waals surface area contributed by atoms with Crippen LogP contribution in [0.25, 0.3) is 17.0 Å². The first kappa shape index (κ1) is 21.8. The van der Waals surface area contributed by atoms with Crippen LogP contribution in [0.15, 0.2) is 58.8 Å². The number of aromatic nitrogens is 2. The Morgan fingerprint density at radius 1 is 1.13 bits per heavy atom. The summed E-state index contributed by atoms with van der Waals surface area (Å²) in [5.41, 5.74) is 3.64. The van der Waals surface area contributed by atoms with Crippen LogP contribution >= 0.6 is 35.4 Å². The van der Waals surface area contributed by atoms with Crippen LogP contribution in [0.3, 0.4) is 0 Å². The van der Waals surface area contributed by atoms with Gasteiger partial charge >= 0.3 is 0 Å². The highest BCUT2D eigenvalue weighted by Gasteiger charge is 2.34. The van der Waals surface area contributed by atoms with Crippen molar-refractivity contribution in [2.75, 3.05) is 6.54 Å². The van der Waals surface area contributed by atoms with Crippen molar-refractivity contribution in [1.29, 1.82) is 0 Å². The quantitative estimate of drug-likeness (QED) is 0.412. The van der Waals surface area contributed by atoms with E-state index in [-0.39, 0.29) is 6.04 Å². The molecule has 0 radical (unpaired) electrons. The monoisotopic (exact) mass is 472 g/mol. The Morgan fingerprint density at radius 2 is 1.87 bits per heavy atom. The minimum Gasteiger partial charge on any atom is -0.351 e. The van der Waals surface area contributed by atoms with Gasteiger partial charge < -0.3 is 14.7 Å². The molecule has 0 saturated heterocycles. The lowest BCUT2D eigenvalue weighted by Gasteiger charge is -2.37. The van der Waals surface area contributed by atoms with Gasteiger partial charge in [-0.1, -0.05) is 66.0 Å². The Labute approximate surface area is 197 Å². The predicted octanol–water partition coefficient (Wildman–Crippen LogP) is 6.51. The first-order valence-electron chi connectivity index (χ1n) is 10.1. The number of thiocarbonyl (C=S) groups is 1. The molecule has 1 atom stereocenters. The number of unbranched alkanes of at least 4 members (excludes halogenated alkanes) is 1. The van der Waals surface area contributed by atoms with Crippen molar-refractivity contribution < 1.29 is 4.52 Å². The van der Waals surface area contributed by atoms with Crippen LogP contribution in [-0.4, -0.2) is 26.7 Å². The summed E-state index contributed by atoms with van der Waals surface area (Å²) in [5.74, 6) is 0.921. The largest absolute Gasteiger partial charge is 0.351 e. The Hall–Kier alpha value is -2.41. The summed E-state index contributed by atoms with van der Waals surface area (Å²) in [6.45, 7) is 5.01. The van der Waals surface area contributed by atoms with Crippen LogP contribution in [0.4, 0.5) is 0 Å². The van der Waals surface area contributed by atoms with Crippen molar-refractivity contribution >= 4 is 46.1 Å². The van der Waals surface area contributed by atoms with Crippen molar-refractivity contribution in [3.63, 3.8) is 0 Å². The average molecular weight is 473 g/mol. The van der Waals surface area contributed by atoms with Gasteiger partial charge in [0, 0.05) is 27.9 Å². The molecule has 0 spiro atoms. The summed E-state index contributed by atoms with van der Waals surface area (Å²) in [6, 6.07) is 14.8. The molecule has 160 valence electrons. The second-order valence-corrected chi connectivity index (χ2v) is 8.63. The van der Waals surface area contributed by atoms with E-state index in [0.29, 0.717) is 26.9 Å². The predicted molar refractivity (Wildman–Crippen MR) is 129 cm³/mol. The third-order valence-electron chi connectivity index (χ3n) is 5.25. The Kier molecular flexibility index (Phi) is 6.60. The molecule has 3 aromatic rings. The topological polar surface area (TPSA) is 54.2 Å². The van der Waals surface area contributed by atoms with Gasteiger partial charge in [-0.2, -0.15) is 4.98 Å². The zero-order valence-corrected chi connectivity index (χ0v) is 19.6. The van der Waals surface area contributed by atoms with Crippen molar-refractivity contribution in [1.82, 2.24) is 20.4 Å². The standard InChI is InChI=1S/C23H22Cl2N4OS/c1-3-4-11-29-14(2)19(20(26-23(29)31)15-7-5-9-17(24)12-15)22-27-21(28-30-22)16-8-6-10-18(25)13-16/h5-10,12-13,20H,3-4,11H2,1-2H3,(H,26,31). The summed E-state index contributed by atoms with van der Waals surface area (Å²) in [6.07, 6.45) is 2.09. The summed E-state index contributed by atoms with van der Waals surface area (Å²) in [7, 11) is 0. The maximum atomic E-state index is 6.28. The summed E-state index contributed by atoms with van der Waals surface area (Å²) >= 11 is 18.1. The number of benzene rings is 2. The van der Waals surface area contributed by atoms with Crippen LogP contribution < -0.4 is 5.32 Å². The lowest BCUT2D eigenvalue weighted by atomic mass is 9.94. The molecule has 0 bridgehead atoms. The number of hydrogen-bond acceptors (Lipinski definition) is 4. The molecule has 0 fully saturated rings. The number of nitrogens with zero attached hydrogens (tertiary/aromatic N) is 3. The molecule has 1 unspecified atom stereocenters. The van der Waals surface area contributed by atoms with E-state index < -0.39 is 0 Å². The van der Waals surface area contributed by atoms with E-state index in [0.717, 1.165) is 41.8 Å². The molecule has 8 heteroatoms. The second-order valence-electron chi connectivity index (χ2n) is 7.38. The Bertz CT molecular complexity index is 1140. The van der Waals surface area contributed by atoms with Crippen molar-refractivity contribution in [3.8, 4) is 11.4 Å². The van der Waals surface area contributed by atoms with Crippen molar-refractivity contribution in [2.45, 2.75) is 32.7 Å². The van der Waals surface area contributed by atoms with E-state index in [1.165, 1.54) is 0 Å². The SMILES string of the molecule is CCCCN1C(=S)NC(c2cccc(Cl)c2)C(c2nc(-c3cccc(Cl)c3)no2)=C1C. The normalized spacial score (nSPS) is 16.6. The first-order chi connectivity index (χ1) is 15.0. The van der Waals surface area contributed by atoms with Crippen LogP contribution in [0.2, 0.25) is 10.0 Å². The lowest BCUT2D eigenvalue weighted by molar-refractivity contribution is 0.395. The van der Waals surface area contributed by atoms with Gasteiger partial charge in [-0.25, -0.2) is 0 Å². The molecule has 2 heterocycles. The molecule has 0 amide bonds. The molecule has 1 N–H and O–H groups in total. The van der Waals surface area contributed by atoms with Gasteiger partial charge in [-0.3, -0.25) is 0 Å². The van der Waals surface area contributed by atoms with E-state index in [2.05, 4.69) is 22.3 Å². The second kappa shape index (κ2) is 9.39. The fraction of sp³-hybridized carbons (Fsp3) is 0.261. The fourth-order valence-corrected chi connectivity index (χ4v) is 4.39. The zero-order valence-electron chi connectivity index (χ0n) is 17.2. The van der Waals surface area contributed by atoms with Gasteiger partial charge in [0.05, 0.1) is 11.6 Å². The van der Waals surface area contributed by atoms with Crippen molar-refractivity contribution in [3.05, 3.63) is 75.7 Å². The van der Waals surface area contributed by atoms with Crippen LogP contribution in [0, 0.1) is 0 Å². The first-order valence-corrected chi connectivity index (χ1v) is 11.3. The molecule has 0 aliphatic carbocycles. The lowest BCUT2D eigenvalue weighted by Crippen LogP contribution is -2.46. The average Bonchev–Trinajstić information content (AvgIpc) is 3.23. The maximum Gasteiger partial charge on any atom is 0.258 e. The Balaban J connectivity index is 1.81. The summed E-state index contributed by atoms with van der Waals surface area (Å²) < 4.78 is 5.73. The van der Waals surface area contributed by atoms with Crippen LogP contribution in [-0.2, 0) is 0 Å². The molecule has 2 aromatic carbocycles. The molecule has 4 rings (SSSR count). The minimum absolute atomic E-state index is 0.253. The molecule has 5 nitrogen and oxygen atoms in total. The Morgan fingerprint density at radius 3 is 2.58 bits per heavy atom. The highest BCUT2D eigenvalue weighted by molar-refractivity contribution is 7.80. The fourth-order valence-electron chi connectivity index (χ4n) is 3.66. The molecule has 1 aliphatic rings. The maximum absolute atomic E-state index is 6.28. The molecular formula is C23H22Cl2N4OS.